The van der Waals surface area contributed by atoms with E-state index in [1.807, 2.05) is 54.6 Å². The SMILES string of the molecule is CCCOCc1ccccc1CNC(=O)[C@@H](N)Cc1ccccc1. The van der Waals surface area contributed by atoms with Gasteiger partial charge >= 0.3 is 0 Å². The molecule has 0 aliphatic heterocycles. The second kappa shape index (κ2) is 9.85. The molecule has 0 aliphatic carbocycles. The van der Waals surface area contributed by atoms with Gasteiger partial charge in [0.15, 0.2) is 0 Å². The van der Waals surface area contributed by atoms with Gasteiger partial charge in [0, 0.05) is 13.2 Å². The van der Waals surface area contributed by atoms with Gasteiger partial charge in [-0.3, -0.25) is 4.79 Å². The predicted molar refractivity (Wildman–Crippen MR) is 96.4 cm³/mol. The molecule has 0 saturated heterocycles. The maximum absolute atomic E-state index is 12.2. The monoisotopic (exact) mass is 326 g/mol. The van der Waals surface area contributed by atoms with Crippen molar-refractivity contribution in [2.24, 2.45) is 5.73 Å². The lowest BCUT2D eigenvalue weighted by molar-refractivity contribution is -0.122. The third-order valence-corrected chi connectivity index (χ3v) is 3.81. The van der Waals surface area contributed by atoms with Crippen LogP contribution in [0.1, 0.15) is 30.0 Å². The first-order valence-electron chi connectivity index (χ1n) is 8.42. The number of hydrogen-bond donors (Lipinski definition) is 2. The van der Waals surface area contributed by atoms with Gasteiger partial charge in [-0.15, -0.1) is 0 Å². The van der Waals surface area contributed by atoms with Crippen molar-refractivity contribution in [1.82, 2.24) is 5.32 Å². The minimum Gasteiger partial charge on any atom is -0.377 e. The van der Waals surface area contributed by atoms with E-state index < -0.39 is 6.04 Å². The number of nitrogens with one attached hydrogen (secondary N) is 1. The molecule has 0 radical (unpaired) electrons. The molecular formula is C20H26N2O2. The van der Waals surface area contributed by atoms with E-state index in [1.165, 1.54) is 0 Å². The van der Waals surface area contributed by atoms with Gasteiger partial charge in [0.05, 0.1) is 12.6 Å². The predicted octanol–water partition coefficient (Wildman–Crippen LogP) is 2.80. The van der Waals surface area contributed by atoms with Crippen molar-refractivity contribution in [3.05, 3.63) is 71.3 Å². The highest BCUT2D eigenvalue weighted by molar-refractivity contribution is 5.81. The second-order valence-electron chi connectivity index (χ2n) is 5.84. The van der Waals surface area contributed by atoms with Gasteiger partial charge in [0.1, 0.15) is 0 Å². The van der Waals surface area contributed by atoms with Crippen LogP contribution in [0.25, 0.3) is 0 Å². The zero-order chi connectivity index (χ0) is 17.2. The Morgan fingerprint density at radius 2 is 1.75 bits per heavy atom. The molecule has 1 amide bonds. The highest BCUT2D eigenvalue weighted by Crippen LogP contribution is 2.10. The number of amides is 1. The first kappa shape index (κ1) is 18.2. The zero-order valence-corrected chi connectivity index (χ0v) is 14.2. The van der Waals surface area contributed by atoms with Crippen molar-refractivity contribution >= 4 is 5.91 Å². The molecular weight excluding hydrogens is 300 g/mol. The molecule has 2 rings (SSSR count). The average molecular weight is 326 g/mol. The van der Waals surface area contributed by atoms with E-state index in [2.05, 4.69) is 12.2 Å². The lowest BCUT2D eigenvalue weighted by atomic mass is 10.1. The Bertz CT molecular complexity index is 629. The van der Waals surface area contributed by atoms with Crippen molar-refractivity contribution in [2.75, 3.05) is 6.61 Å². The van der Waals surface area contributed by atoms with E-state index in [0.717, 1.165) is 29.7 Å². The van der Waals surface area contributed by atoms with Crippen LogP contribution in [-0.2, 0) is 29.1 Å². The standard InChI is InChI=1S/C20H26N2O2/c1-2-12-24-15-18-11-7-6-10-17(18)14-22-20(23)19(21)13-16-8-4-3-5-9-16/h3-11,19H,2,12-15,21H2,1H3,(H,22,23)/t19-/m0/s1. The number of ether oxygens (including phenoxy) is 1. The molecule has 24 heavy (non-hydrogen) atoms. The van der Waals surface area contributed by atoms with Crippen LogP contribution >= 0.6 is 0 Å². The molecule has 3 N–H and O–H groups in total. The summed E-state index contributed by atoms with van der Waals surface area (Å²) in [5.74, 6) is -0.136. The number of rotatable bonds is 9. The molecule has 1 atom stereocenters. The van der Waals surface area contributed by atoms with Crippen LogP contribution in [0.3, 0.4) is 0 Å². The van der Waals surface area contributed by atoms with Gasteiger partial charge in [0.2, 0.25) is 5.91 Å². The summed E-state index contributed by atoms with van der Waals surface area (Å²) in [5.41, 5.74) is 9.24. The normalized spacial score (nSPS) is 11.9. The molecule has 0 heterocycles. The summed E-state index contributed by atoms with van der Waals surface area (Å²) in [6.45, 7) is 3.85. The van der Waals surface area contributed by atoms with E-state index in [9.17, 15) is 4.79 Å². The van der Waals surface area contributed by atoms with E-state index in [0.29, 0.717) is 19.6 Å². The first-order chi connectivity index (χ1) is 11.7. The minimum atomic E-state index is -0.545. The molecule has 0 bridgehead atoms. The molecule has 0 unspecified atom stereocenters. The molecule has 0 spiro atoms. The number of carbonyl (C=O) groups excluding carboxylic acids is 1. The van der Waals surface area contributed by atoms with Crippen LogP contribution in [-0.4, -0.2) is 18.6 Å². The second-order valence-corrected chi connectivity index (χ2v) is 5.84. The van der Waals surface area contributed by atoms with E-state index in [1.54, 1.807) is 0 Å². The Hall–Kier alpha value is -2.17. The topological polar surface area (TPSA) is 64.3 Å². The Morgan fingerprint density at radius 1 is 1.08 bits per heavy atom. The fraction of sp³-hybridized carbons (Fsp3) is 0.350. The summed E-state index contributed by atoms with van der Waals surface area (Å²) < 4.78 is 5.61. The largest absolute Gasteiger partial charge is 0.377 e. The quantitative estimate of drug-likeness (QED) is 0.697. The molecule has 4 nitrogen and oxygen atoms in total. The van der Waals surface area contributed by atoms with Gasteiger partial charge in [-0.2, -0.15) is 0 Å². The fourth-order valence-electron chi connectivity index (χ4n) is 2.47. The van der Waals surface area contributed by atoms with Gasteiger partial charge in [0.25, 0.3) is 0 Å². The molecule has 2 aromatic rings. The molecule has 0 aliphatic rings. The van der Waals surface area contributed by atoms with Crippen molar-refractivity contribution < 1.29 is 9.53 Å². The van der Waals surface area contributed by atoms with Gasteiger partial charge < -0.3 is 15.8 Å². The van der Waals surface area contributed by atoms with E-state index >= 15 is 0 Å². The van der Waals surface area contributed by atoms with Crippen molar-refractivity contribution in [2.45, 2.75) is 39.0 Å². The van der Waals surface area contributed by atoms with E-state index in [-0.39, 0.29) is 5.91 Å². The molecule has 0 fully saturated rings. The summed E-state index contributed by atoms with van der Waals surface area (Å²) in [6.07, 6.45) is 1.53. The van der Waals surface area contributed by atoms with Gasteiger partial charge in [-0.1, -0.05) is 61.5 Å². The zero-order valence-electron chi connectivity index (χ0n) is 14.2. The van der Waals surface area contributed by atoms with Gasteiger partial charge in [-0.25, -0.2) is 0 Å². The van der Waals surface area contributed by atoms with Crippen molar-refractivity contribution in [3.8, 4) is 0 Å². The Balaban J connectivity index is 1.87. The van der Waals surface area contributed by atoms with Crippen LogP contribution in [0.2, 0.25) is 0 Å². The summed E-state index contributed by atoms with van der Waals surface area (Å²) in [6, 6.07) is 17.3. The number of carbonyl (C=O) groups is 1. The summed E-state index contributed by atoms with van der Waals surface area (Å²) in [4.78, 5) is 12.2. The van der Waals surface area contributed by atoms with Crippen LogP contribution < -0.4 is 11.1 Å². The Labute approximate surface area is 144 Å². The maximum Gasteiger partial charge on any atom is 0.237 e. The van der Waals surface area contributed by atoms with Crippen molar-refractivity contribution in [3.63, 3.8) is 0 Å². The summed E-state index contributed by atoms with van der Waals surface area (Å²) in [7, 11) is 0. The average Bonchev–Trinajstić information content (AvgIpc) is 2.61. The third kappa shape index (κ3) is 5.80. The summed E-state index contributed by atoms with van der Waals surface area (Å²) in [5, 5.41) is 2.93. The van der Waals surface area contributed by atoms with Crippen molar-refractivity contribution in [1.29, 1.82) is 0 Å². The smallest absolute Gasteiger partial charge is 0.237 e. The van der Waals surface area contributed by atoms with E-state index in [4.69, 9.17) is 10.5 Å². The summed E-state index contributed by atoms with van der Waals surface area (Å²) >= 11 is 0. The number of hydrogen-bond acceptors (Lipinski definition) is 3. The highest BCUT2D eigenvalue weighted by atomic mass is 16.5. The lowest BCUT2D eigenvalue weighted by Gasteiger charge is -2.14. The number of benzene rings is 2. The molecule has 0 saturated carbocycles. The maximum atomic E-state index is 12.2. The highest BCUT2D eigenvalue weighted by Gasteiger charge is 2.14. The van der Waals surface area contributed by atoms with Crippen LogP contribution in [0.5, 0.6) is 0 Å². The Morgan fingerprint density at radius 3 is 2.46 bits per heavy atom. The lowest BCUT2D eigenvalue weighted by Crippen LogP contribution is -2.41. The molecule has 4 heteroatoms. The molecule has 0 aromatic heterocycles. The first-order valence-corrected chi connectivity index (χ1v) is 8.42. The van der Waals surface area contributed by atoms with Crippen LogP contribution in [0.15, 0.2) is 54.6 Å². The third-order valence-electron chi connectivity index (χ3n) is 3.81. The Kier molecular flexibility index (Phi) is 7.46. The molecule has 128 valence electrons. The minimum absolute atomic E-state index is 0.136. The van der Waals surface area contributed by atoms with Crippen LogP contribution in [0, 0.1) is 0 Å². The molecule has 2 aromatic carbocycles. The fourth-order valence-corrected chi connectivity index (χ4v) is 2.47. The van der Waals surface area contributed by atoms with Gasteiger partial charge in [-0.05, 0) is 29.5 Å². The number of nitrogens with two attached hydrogens (primary N) is 1. The van der Waals surface area contributed by atoms with Crippen LogP contribution in [0.4, 0.5) is 0 Å².